The lowest BCUT2D eigenvalue weighted by molar-refractivity contribution is -0.0390. The van der Waals surface area contributed by atoms with Gasteiger partial charge in [-0.3, -0.25) is 0 Å². The van der Waals surface area contributed by atoms with Gasteiger partial charge in [-0.1, -0.05) is 19.3 Å². The maximum Gasteiger partial charge on any atom is 0.0660 e. The van der Waals surface area contributed by atoms with E-state index < -0.39 is 0 Å². The third kappa shape index (κ3) is 1.62. The van der Waals surface area contributed by atoms with Gasteiger partial charge >= 0.3 is 0 Å². The van der Waals surface area contributed by atoms with Crippen molar-refractivity contribution in [2.24, 2.45) is 17.8 Å². The summed E-state index contributed by atoms with van der Waals surface area (Å²) in [4.78, 5) is 0. The highest BCUT2D eigenvalue weighted by atomic mass is 16.5. The summed E-state index contributed by atoms with van der Waals surface area (Å²) in [7, 11) is 0. The van der Waals surface area contributed by atoms with Crippen molar-refractivity contribution in [2.75, 3.05) is 6.61 Å². The molecule has 2 heteroatoms. The largest absolute Gasteiger partial charge is 0.396 e. The Hall–Kier alpha value is -0.0800. The minimum atomic E-state index is 0.334. The van der Waals surface area contributed by atoms with Gasteiger partial charge in [0.1, 0.15) is 0 Å². The lowest BCUT2D eigenvalue weighted by atomic mass is 9.70. The summed E-state index contributed by atoms with van der Waals surface area (Å²) in [6, 6.07) is 0. The Balaban J connectivity index is 1.77. The van der Waals surface area contributed by atoms with Crippen LogP contribution >= 0.6 is 0 Å². The second-order valence-electron chi connectivity index (χ2n) is 5.62. The number of hydrogen-bond donors (Lipinski definition) is 1. The Morgan fingerprint density at radius 1 is 0.933 bits per heavy atom. The molecule has 0 aromatic carbocycles. The number of aliphatic hydroxyl groups is 1. The molecule has 5 unspecified atom stereocenters. The second-order valence-corrected chi connectivity index (χ2v) is 5.62. The number of ether oxygens (including phenoxy) is 1. The lowest BCUT2D eigenvalue weighted by Crippen LogP contribution is -2.34. The fourth-order valence-electron chi connectivity index (χ4n) is 4.14. The van der Waals surface area contributed by atoms with Gasteiger partial charge in [-0.2, -0.15) is 0 Å². The zero-order valence-corrected chi connectivity index (χ0v) is 9.40. The molecular weight excluding hydrogens is 188 g/mol. The Kier molecular flexibility index (Phi) is 2.73. The van der Waals surface area contributed by atoms with Gasteiger partial charge < -0.3 is 9.84 Å². The molecule has 2 aliphatic carbocycles. The Morgan fingerprint density at radius 3 is 2.60 bits per heavy atom. The molecule has 5 atom stereocenters. The molecule has 0 amide bonds. The van der Waals surface area contributed by atoms with Crippen molar-refractivity contribution in [2.45, 2.75) is 57.2 Å². The van der Waals surface area contributed by atoms with Gasteiger partial charge in [0.25, 0.3) is 0 Å². The van der Waals surface area contributed by atoms with Crippen LogP contribution in [0, 0.1) is 17.8 Å². The number of rotatable bonds is 1. The van der Waals surface area contributed by atoms with Crippen LogP contribution < -0.4 is 0 Å². The van der Waals surface area contributed by atoms with Crippen molar-refractivity contribution in [1.82, 2.24) is 0 Å². The number of aliphatic hydroxyl groups excluding tert-OH is 1. The van der Waals surface area contributed by atoms with Crippen LogP contribution in [-0.2, 0) is 4.74 Å². The first-order chi connectivity index (χ1) is 7.40. The average molecular weight is 210 g/mol. The summed E-state index contributed by atoms with van der Waals surface area (Å²) in [5, 5.41) is 9.39. The minimum Gasteiger partial charge on any atom is -0.396 e. The van der Waals surface area contributed by atoms with Crippen molar-refractivity contribution in [3.05, 3.63) is 0 Å². The zero-order chi connectivity index (χ0) is 10.3. The van der Waals surface area contributed by atoms with Crippen molar-refractivity contribution in [1.29, 1.82) is 0 Å². The van der Waals surface area contributed by atoms with E-state index in [4.69, 9.17) is 4.74 Å². The molecule has 0 bridgehead atoms. The first-order valence-electron chi connectivity index (χ1n) is 6.66. The molecule has 1 heterocycles. The standard InChI is InChI=1S/C13H22O2/c14-8-9-4-3-6-11-10-5-1-2-7-12(10)15-13(9)11/h9-14H,1-8H2. The summed E-state index contributed by atoms with van der Waals surface area (Å²) in [6.07, 6.45) is 10.2. The molecule has 2 nitrogen and oxygen atoms in total. The van der Waals surface area contributed by atoms with E-state index >= 15 is 0 Å². The van der Waals surface area contributed by atoms with Gasteiger partial charge in [-0.05, 0) is 37.5 Å². The molecule has 1 N–H and O–H groups in total. The van der Waals surface area contributed by atoms with E-state index in [0.29, 0.717) is 24.7 Å². The van der Waals surface area contributed by atoms with E-state index in [2.05, 4.69) is 0 Å². The van der Waals surface area contributed by atoms with Crippen LogP contribution in [0.2, 0.25) is 0 Å². The molecular formula is C13H22O2. The van der Waals surface area contributed by atoms with E-state index in [9.17, 15) is 5.11 Å². The molecule has 3 aliphatic rings. The molecule has 0 aromatic heterocycles. The van der Waals surface area contributed by atoms with Crippen LogP contribution in [0.1, 0.15) is 44.9 Å². The third-order valence-corrected chi connectivity index (χ3v) is 4.87. The van der Waals surface area contributed by atoms with Gasteiger partial charge in [-0.15, -0.1) is 0 Å². The van der Waals surface area contributed by atoms with E-state index in [1.165, 1.54) is 44.9 Å². The van der Waals surface area contributed by atoms with E-state index in [1.807, 2.05) is 0 Å². The highest BCUT2D eigenvalue weighted by molar-refractivity contribution is 4.97. The van der Waals surface area contributed by atoms with Crippen LogP contribution in [0.25, 0.3) is 0 Å². The summed E-state index contributed by atoms with van der Waals surface area (Å²) < 4.78 is 6.21. The SMILES string of the molecule is OCC1CCCC2C3CCCCC3OC12. The smallest absolute Gasteiger partial charge is 0.0660 e. The van der Waals surface area contributed by atoms with Gasteiger partial charge in [0.2, 0.25) is 0 Å². The molecule has 86 valence electrons. The minimum absolute atomic E-state index is 0.334. The van der Waals surface area contributed by atoms with Crippen LogP contribution in [0.15, 0.2) is 0 Å². The molecule has 1 aliphatic heterocycles. The van der Waals surface area contributed by atoms with E-state index in [-0.39, 0.29) is 0 Å². The van der Waals surface area contributed by atoms with E-state index in [1.54, 1.807) is 0 Å². The third-order valence-electron chi connectivity index (χ3n) is 4.87. The summed E-state index contributed by atoms with van der Waals surface area (Å²) >= 11 is 0. The fraction of sp³-hybridized carbons (Fsp3) is 1.00. The van der Waals surface area contributed by atoms with Crippen LogP contribution in [0.5, 0.6) is 0 Å². The molecule has 1 saturated heterocycles. The van der Waals surface area contributed by atoms with Gasteiger partial charge in [0.05, 0.1) is 12.2 Å². The van der Waals surface area contributed by atoms with Crippen molar-refractivity contribution in [3.8, 4) is 0 Å². The fourth-order valence-corrected chi connectivity index (χ4v) is 4.14. The zero-order valence-electron chi connectivity index (χ0n) is 9.40. The van der Waals surface area contributed by atoms with Crippen molar-refractivity contribution in [3.63, 3.8) is 0 Å². The highest BCUT2D eigenvalue weighted by Crippen LogP contribution is 2.48. The van der Waals surface area contributed by atoms with Crippen LogP contribution in [-0.4, -0.2) is 23.9 Å². The van der Waals surface area contributed by atoms with Crippen LogP contribution in [0.3, 0.4) is 0 Å². The molecule has 0 aromatic rings. The Morgan fingerprint density at radius 2 is 1.73 bits per heavy atom. The predicted octanol–water partition coefficient (Wildman–Crippen LogP) is 2.35. The Labute approximate surface area is 92.0 Å². The molecule has 0 radical (unpaired) electrons. The first kappa shape index (κ1) is 10.1. The molecule has 2 saturated carbocycles. The second kappa shape index (κ2) is 4.06. The summed E-state index contributed by atoms with van der Waals surface area (Å²) in [5.74, 6) is 2.05. The lowest BCUT2D eigenvalue weighted by Gasteiger charge is -2.33. The maximum atomic E-state index is 9.39. The van der Waals surface area contributed by atoms with Gasteiger partial charge in [-0.25, -0.2) is 0 Å². The average Bonchev–Trinajstić information content (AvgIpc) is 2.67. The first-order valence-corrected chi connectivity index (χ1v) is 6.66. The number of fused-ring (bicyclic) bond motifs is 3. The van der Waals surface area contributed by atoms with Gasteiger partial charge in [0.15, 0.2) is 0 Å². The topological polar surface area (TPSA) is 29.5 Å². The monoisotopic (exact) mass is 210 g/mol. The normalized spacial score (nSPS) is 49.8. The maximum absolute atomic E-state index is 9.39. The quantitative estimate of drug-likeness (QED) is 0.720. The Bertz CT molecular complexity index is 229. The van der Waals surface area contributed by atoms with Gasteiger partial charge in [0, 0.05) is 12.5 Å². The predicted molar refractivity (Wildman–Crippen MR) is 58.5 cm³/mol. The highest BCUT2D eigenvalue weighted by Gasteiger charge is 2.48. The molecule has 15 heavy (non-hydrogen) atoms. The van der Waals surface area contributed by atoms with E-state index in [0.717, 1.165) is 11.8 Å². The summed E-state index contributed by atoms with van der Waals surface area (Å²) in [5.41, 5.74) is 0. The molecule has 0 spiro atoms. The van der Waals surface area contributed by atoms with Crippen LogP contribution in [0.4, 0.5) is 0 Å². The molecule has 3 fully saturated rings. The number of hydrogen-bond acceptors (Lipinski definition) is 2. The van der Waals surface area contributed by atoms with Crippen molar-refractivity contribution < 1.29 is 9.84 Å². The summed E-state index contributed by atoms with van der Waals surface area (Å²) in [6.45, 7) is 0.334. The molecule has 3 rings (SSSR count). The van der Waals surface area contributed by atoms with Crippen molar-refractivity contribution >= 4 is 0 Å².